The van der Waals surface area contributed by atoms with E-state index in [4.69, 9.17) is 25.8 Å². The summed E-state index contributed by atoms with van der Waals surface area (Å²) in [7, 11) is 1.57. The topological polar surface area (TPSA) is 56.8 Å². The maximum atomic E-state index is 12.1. The van der Waals surface area contributed by atoms with Crippen LogP contribution >= 0.6 is 11.6 Å². The molecule has 0 saturated carbocycles. The van der Waals surface area contributed by atoms with Gasteiger partial charge in [-0.05, 0) is 55.9 Å². The van der Waals surface area contributed by atoms with Gasteiger partial charge >= 0.3 is 0 Å². The van der Waals surface area contributed by atoms with Crippen LogP contribution in [0.1, 0.15) is 38.7 Å². The van der Waals surface area contributed by atoms with E-state index < -0.39 is 0 Å². The molecule has 1 aromatic rings. The molecule has 1 aliphatic heterocycles. The zero-order valence-corrected chi connectivity index (χ0v) is 16.5. The molecule has 26 heavy (non-hydrogen) atoms. The van der Waals surface area contributed by atoms with Gasteiger partial charge in [-0.15, -0.1) is 0 Å². The Morgan fingerprint density at radius 1 is 1.46 bits per heavy atom. The van der Waals surface area contributed by atoms with Gasteiger partial charge in [0.05, 0.1) is 24.8 Å². The average molecular weight is 382 g/mol. The van der Waals surface area contributed by atoms with Crippen molar-refractivity contribution in [1.29, 1.82) is 0 Å². The van der Waals surface area contributed by atoms with E-state index in [1.807, 2.05) is 6.92 Å². The van der Waals surface area contributed by atoms with Crippen LogP contribution < -0.4 is 14.8 Å². The zero-order chi connectivity index (χ0) is 18.9. The van der Waals surface area contributed by atoms with Gasteiger partial charge in [-0.25, -0.2) is 0 Å². The highest BCUT2D eigenvalue weighted by Crippen LogP contribution is 2.36. The zero-order valence-electron chi connectivity index (χ0n) is 15.7. The Morgan fingerprint density at radius 2 is 2.27 bits per heavy atom. The lowest BCUT2D eigenvalue weighted by Crippen LogP contribution is -2.33. The van der Waals surface area contributed by atoms with E-state index in [-0.39, 0.29) is 12.0 Å². The summed E-state index contributed by atoms with van der Waals surface area (Å²) in [6, 6.07) is 3.57. The van der Waals surface area contributed by atoms with Crippen LogP contribution in [0.4, 0.5) is 0 Å². The molecule has 1 aromatic carbocycles. The number of carbonyl (C=O) groups is 1. The fraction of sp³-hybridized carbons (Fsp3) is 0.550. The summed E-state index contributed by atoms with van der Waals surface area (Å²) in [6.07, 6.45) is 6.36. The SMILES string of the molecule is CCCOc1c(Cl)cc(C=CC(=O)NCC2CCOC(C)C2)cc1OC. The first kappa shape index (κ1) is 20.6. The number of benzene rings is 1. The number of methoxy groups -OCH3 is 1. The van der Waals surface area contributed by atoms with Gasteiger partial charge in [-0.1, -0.05) is 18.5 Å². The molecule has 0 aromatic heterocycles. The Labute approximate surface area is 160 Å². The van der Waals surface area contributed by atoms with Gasteiger partial charge in [0.2, 0.25) is 5.91 Å². The third-order valence-corrected chi connectivity index (χ3v) is 4.57. The molecule has 1 saturated heterocycles. The Balaban J connectivity index is 1.93. The third-order valence-electron chi connectivity index (χ3n) is 4.29. The second kappa shape index (κ2) is 10.4. The third kappa shape index (κ3) is 6.22. The smallest absolute Gasteiger partial charge is 0.244 e. The molecule has 1 amide bonds. The minimum atomic E-state index is -0.120. The van der Waals surface area contributed by atoms with Crippen molar-refractivity contribution in [2.75, 3.05) is 26.9 Å². The van der Waals surface area contributed by atoms with Crippen LogP contribution in [-0.4, -0.2) is 38.9 Å². The molecule has 5 nitrogen and oxygen atoms in total. The number of rotatable bonds is 8. The van der Waals surface area contributed by atoms with Crippen molar-refractivity contribution in [2.45, 2.75) is 39.2 Å². The van der Waals surface area contributed by atoms with Gasteiger partial charge in [-0.2, -0.15) is 0 Å². The van der Waals surface area contributed by atoms with E-state index in [2.05, 4.69) is 12.2 Å². The largest absolute Gasteiger partial charge is 0.493 e. The number of amides is 1. The highest BCUT2D eigenvalue weighted by atomic mass is 35.5. The van der Waals surface area contributed by atoms with Gasteiger partial charge < -0.3 is 19.5 Å². The first-order valence-corrected chi connectivity index (χ1v) is 9.49. The van der Waals surface area contributed by atoms with E-state index in [1.54, 1.807) is 25.3 Å². The Bertz CT molecular complexity index is 632. The highest BCUT2D eigenvalue weighted by molar-refractivity contribution is 6.32. The van der Waals surface area contributed by atoms with Crippen LogP contribution in [0.2, 0.25) is 5.02 Å². The van der Waals surface area contributed by atoms with E-state index in [0.717, 1.165) is 31.4 Å². The van der Waals surface area contributed by atoms with Gasteiger partial charge in [0.25, 0.3) is 0 Å². The molecule has 1 N–H and O–H groups in total. The van der Waals surface area contributed by atoms with Crippen molar-refractivity contribution in [3.8, 4) is 11.5 Å². The van der Waals surface area contributed by atoms with Crippen LogP contribution in [0.3, 0.4) is 0 Å². The van der Waals surface area contributed by atoms with Crippen LogP contribution in [0.15, 0.2) is 18.2 Å². The minimum absolute atomic E-state index is 0.120. The summed E-state index contributed by atoms with van der Waals surface area (Å²) in [5.74, 6) is 1.44. The fourth-order valence-corrected chi connectivity index (χ4v) is 3.21. The quantitative estimate of drug-likeness (QED) is 0.689. The maximum Gasteiger partial charge on any atom is 0.244 e. The molecule has 0 spiro atoms. The summed E-state index contributed by atoms with van der Waals surface area (Å²) in [5, 5.41) is 3.42. The molecular weight excluding hydrogens is 354 g/mol. The molecule has 1 fully saturated rings. The number of carbonyl (C=O) groups excluding carboxylic acids is 1. The van der Waals surface area contributed by atoms with E-state index in [1.165, 1.54) is 6.08 Å². The maximum absolute atomic E-state index is 12.1. The number of hydrogen-bond donors (Lipinski definition) is 1. The van der Waals surface area contributed by atoms with E-state index >= 15 is 0 Å². The molecule has 2 atom stereocenters. The van der Waals surface area contributed by atoms with Crippen molar-refractivity contribution >= 4 is 23.6 Å². The van der Waals surface area contributed by atoms with Gasteiger partial charge in [0.1, 0.15) is 0 Å². The Hall–Kier alpha value is -1.72. The first-order chi connectivity index (χ1) is 12.5. The normalized spacial score (nSPS) is 20.2. The first-order valence-electron chi connectivity index (χ1n) is 9.11. The highest BCUT2D eigenvalue weighted by Gasteiger charge is 2.19. The summed E-state index contributed by atoms with van der Waals surface area (Å²) in [6.45, 7) is 6.10. The molecule has 2 unspecified atom stereocenters. The average Bonchev–Trinajstić information content (AvgIpc) is 2.63. The van der Waals surface area contributed by atoms with Crippen molar-refractivity contribution < 1.29 is 19.0 Å². The van der Waals surface area contributed by atoms with Crippen LogP contribution in [0.5, 0.6) is 11.5 Å². The second-order valence-corrected chi connectivity index (χ2v) is 6.94. The number of ether oxygens (including phenoxy) is 3. The van der Waals surface area contributed by atoms with Crippen LogP contribution in [-0.2, 0) is 9.53 Å². The summed E-state index contributed by atoms with van der Waals surface area (Å²) >= 11 is 6.29. The van der Waals surface area contributed by atoms with Crippen molar-refractivity contribution in [2.24, 2.45) is 5.92 Å². The van der Waals surface area contributed by atoms with E-state index in [0.29, 0.717) is 35.6 Å². The summed E-state index contributed by atoms with van der Waals surface area (Å²) < 4.78 is 16.5. The van der Waals surface area contributed by atoms with Crippen molar-refractivity contribution in [1.82, 2.24) is 5.32 Å². The van der Waals surface area contributed by atoms with Crippen LogP contribution in [0, 0.1) is 5.92 Å². The lowest BCUT2D eigenvalue weighted by Gasteiger charge is -2.27. The fourth-order valence-electron chi connectivity index (χ4n) is 2.93. The molecule has 0 bridgehead atoms. The lowest BCUT2D eigenvalue weighted by molar-refractivity contribution is -0.116. The molecular formula is C20H28ClNO4. The minimum Gasteiger partial charge on any atom is -0.493 e. The van der Waals surface area contributed by atoms with Gasteiger partial charge in [0, 0.05) is 19.2 Å². The number of nitrogens with one attached hydrogen (secondary N) is 1. The monoisotopic (exact) mass is 381 g/mol. The standard InChI is InChI=1S/C20H28ClNO4/c1-4-8-26-20-17(21)11-15(12-18(20)24-3)5-6-19(23)22-13-16-7-9-25-14(2)10-16/h5-6,11-12,14,16H,4,7-10,13H2,1-3H3,(H,22,23). The molecule has 1 heterocycles. The summed E-state index contributed by atoms with van der Waals surface area (Å²) in [5.41, 5.74) is 0.783. The van der Waals surface area contributed by atoms with Crippen molar-refractivity contribution in [3.05, 3.63) is 28.8 Å². The second-order valence-electron chi connectivity index (χ2n) is 6.53. The molecule has 0 aliphatic carbocycles. The summed E-state index contributed by atoms with van der Waals surface area (Å²) in [4.78, 5) is 12.1. The predicted octanol–water partition coefficient (Wildman–Crippen LogP) is 4.08. The molecule has 1 aliphatic rings. The van der Waals surface area contributed by atoms with Crippen molar-refractivity contribution in [3.63, 3.8) is 0 Å². The molecule has 6 heteroatoms. The van der Waals surface area contributed by atoms with Crippen LogP contribution in [0.25, 0.3) is 6.08 Å². The molecule has 2 rings (SSSR count). The Kier molecular flexibility index (Phi) is 8.26. The number of halogens is 1. The molecule has 0 radical (unpaired) electrons. The van der Waals surface area contributed by atoms with Gasteiger partial charge in [0.15, 0.2) is 11.5 Å². The predicted molar refractivity (Wildman–Crippen MR) is 104 cm³/mol. The number of hydrogen-bond acceptors (Lipinski definition) is 4. The molecule has 144 valence electrons. The lowest BCUT2D eigenvalue weighted by atomic mass is 9.96. The van der Waals surface area contributed by atoms with Gasteiger partial charge in [-0.3, -0.25) is 4.79 Å². The van der Waals surface area contributed by atoms with E-state index in [9.17, 15) is 4.79 Å². The Morgan fingerprint density at radius 3 is 2.96 bits per heavy atom.